The van der Waals surface area contributed by atoms with Crippen LogP contribution in [0.25, 0.3) is 0 Å². The summed E-state index contributed by atoms with van der Waals surface area (Å²) in [6.45, 7) is -0.535. The first kappa shape index (κ1) is 26.8. The second kappa shape index (κ2) is 11.3. The number of nitrogens with zero attached hydrogens (tertiary/aromatic N) is 1. The van der Waals surface area contributed by atoms with Gasteiger partial charge in [0.1, 0.15) is 23.4 Å². The average molecular weight is 550 g/mol. The number of carbonyl (C=O) groups excluding carboxylic acids is 3. The number of nitrogens with one attached hydrogen (secondary N) is 2. The molecule has 0 bridgehead atoms. The first-order valence-electron chi connectivity index (χ1n) is 9.96. The van der Waals surface area contributed by atoms with Crippen molar-refractivity contribution in [2.75, 3.05) is 45.4 Å². The molecule has 2 aromatic rings. The first-order chi connectivity index (χ1) is 16.6. The molecule has 1 saturated heterocycles. The number of ether oxygens (including phenoxy) is 3. The molecule has 1 aromatic heterocycles. The summed E-state index contributed by atoms with van der Waals surface area (Å²) in [6.07, 6.45) is 0. The van der Waals surface area contributed by atoms with Crippen LogP contribution in [0.1, 0.15) is 9.67 Å². The number of morpholine rings is 1. The lowest BCUT2D eigenvalue weighted by Crippen LogP contribution is -2.49. The van der Waals surface area contributed by atoms with E-state index in [1.54, 1.807) is 0 Å². The van der Waals surface area contributed by atoms with E-state index in [1.807, 2.05) is 0 Å². The Morgan fingerprint density at radius 2 is 2.06 bits per heavy atom. The van der Waals surface area contributed by atoms with Crippen LogP contribution >= 0.6 is 22.9 Å². The standard InChI is InChI=1S/C20H21ClFN3O8S2/c1-31-18-13(25-5-6-33-10-17(25)26)7-11(22)8-15(18)35(29,30)24-12(20(28)32-2)9-23-19(27)14-3-4-16(21)34-14/h3-4,7-8,12,24H,5-6,9-10H2,1-2H3,(H,23,27)/t12-/m0/s1. The van der Waals surface area contributed by atoms with Crippen LogP contribution in [0.15, 0.2) is 29.2 Å². The molecule has 2 amide bonds. The highest BCUT2D eigenvalue weighted by molar-refractivity contribution is 7.89. The van der Waals surface area contributed by atoms with Gasteiger partial charge in [0.25, 0.3) is 11.8 Å². The molecule has 1 fully saturated rings. The summed E-state index contributed by atoms with van der Waals surface area (Å²) in [5, 5.41) is 2.42. The SMILES string of the molecule is COC(=O)[C@H](CNC(=O)c1ccc(Cl)s1)NS(=O)(=O)c1cc(F)cc(N2CCOCC2=O)c1OC. The molecule has 1 aliphatic heterocycles. The maximum Gasteiger partial charge on any atom is 0.325 e. The van der Waals surface area contributed by atoms with Crippen LogP contribution in [-0.2, 0) is 29.1 Å². The summed E-state index contributed by atoms with van der Waals surface area (Å²) in [5.74, 6) is -3.38. The monoisotopic (exact) mass is 549 g/mol. The maximum absolute atomic E-state index is 14.5. The third-order valence-corrected chi connectivity index (χ3v) is 7.52. The Morgan fingerprint density at radius 3 is 2.66 bits per heavy atom. The van der Waals surface area contributed by atoms with E-state index in [1.165, 1.54) is 12.1 Å². The normalized spacial score (nSPS) is 15.0. The Hall–Kier alpha value is -2.78. The maximum atomic E-state index is 14.5. The Kier molecular flexibility index (Phi) is 8.66. The van der Waals surface area contributed by atoms with E-state index >= 15 is 0 Å². The molecule has 190 valence electrons. The Morgan fingerprint density at radius 1 is 1.31 bits per heavy atom. The minimum atomic E-state index is -4.62. The second-order valence-electron chi connectivity index (χ2n) is 7.07. The molecule has 1 aromatic carbocycles. The number of esters is 1. The van der Waals surface area contributed by atoms with Gasteiger partial charge in [0, 0.05) is 19.2 Å². The first-order valence-corrected chi connectivity index (χ1v) is 12.6. The van der Waals surface area contributed by atoms with Crippen molar-refractivity contribution in [2.24, 2.45) is 0 Å². The largest absolute Gasteiger partial charge is 0.493 e. The van der Waals surface area contributed by atoms with Gasteiger partial charge in [0.15, 0.2) is 5.75 Å². The Bertz CT molecular complexity index is 1240. The fourth-order valence-corrected chi connectivity index (χ4v) is 5.56. The lowest BCUT2D eigenvalue weighted by atomic mass is 10.2. The molecule has 1 aliphatic rings. The summed E-state index contributed by atoms with van der Waals surface area (Å²) >= 11 is 6.81. The zero-order chi connectivity index (χ0) is 25.8. The molecule has 0 spiro atoms. The highest BCUT2D eigenvalue weighted by Crippen LogP contribution is 2.36. The predicted octanol–water partition coefficient (Wildman–Crippen LogP) is 1.16. The number of thiophene rings is 1. The number of halogens is 2. The molecular formula is C20H21ClFN3O8S2. The van der Waals surface area contributed by atoms with E-state index in [9.17, 15) is 27.2 Å². The lowest BCUT2D eigenvalue weighted by Gasteiger charge is -2.29. The minimum Gasteiger partial charge on any atom is -0.493 e. The molecule has 1 atom stereocenters. The smallest absolute Gasteiger partial charge is 0.325 e. The number of amides is 2. The fourth-order valence-electron chi connectivity index (χ4n) is 3.22. The van der Waals surface area contributed by atoms with Crippen molar-refractivity contribution in [1.82, 2.24) is 10.0 Å². The van der Waals surface area contributed by atoms with Crippen molar-refractivity contribution < 1.29 is 41.4 Å². The van der Waals surface area contributed by atoms with Gasteiger partial charge in [0.2, 0.25) is 10.0 Å². The van der Waals surface area contributed by atoms with Crippen molar-refractivity contribution in [2.45, 2.75) is 10.9 Å². The molecular weight excluding hydrogens is 529 g/mol. The molecule has 35 heavy (non-hydrogen) atoms. The third-order valence-electron chi connectivity index (χ3n) is 4.82. The van der Waals surface area contributed by atoms with Crippen molar-refractivity contribution >= 4 is 56.4 Å². The van der Waals surface area contributed by atoms with E-state index in [0.29, 0.717) is 10.4 Å². The number of benzene rings is 1. The van der Waals surface area contributed by atoms with Crippen LogP contribution in [-0.4, -0.2) is 72.8 Å². The molecule has 2 heterocycles. The Balaban J connectivity index is 1.90. The molecule has 2 N–H and O–H groups in total. The van der Waals surface area contributed by atoms with Gasteiger partial charge in [0.05, 0.1) is 35.7 Å². The number of carbonyl (C=O) groups is 3. The van der Waals surface area contributed by atoms with Gasteiger partial charge in [-0.3, -0.25) is 14.4 Å². The molecule has 0 unspecified atom stereocenters. The summed E-state index contributed by atoms with van der Waals surface area (Å²) in [6, 6.07) is 3.06. The van der Waals surface area contributed by atoms with Gasteiger partial charge in [-0.1, -0.05) is 11.6 Å². The number of anilines is 1. The minimum absolute atomic E-state index is 0.0507. The number of hydrogen-bond donors (Lipinski definition) is 2. The highest BCUT2D eigenvalue weighted by atomic mass is 35.5. The average Bonchev–Trinajstić information content (AvgIpc) is 3.27. The molecule has 3 rings (SSSR count). The van der Waals surface area contributed by atoms with Crippen molar-refractivity contribution in [3.05, 3.63) is 39.3 Å². The topological polar surface area (TPSA) is 140 Å². The van der Waals surface area contributed by atoms with Crippen LogP contribution in [0.5, 0.6) is 5.75 Å². The zero-order valence-electron chi connectivity index (χ0n) is 18.5. The molecule has 15 heteroatoms. The van der Waals surface area contributed by atoms with Crippen LogP contribution < -0.4 is 19.7 Å². The van der Waals surface area contributed by atoms with Gasteiger partial charge in [-0.05, 0) is 18.2 Å². The third kappa shape index (κ3) is 6.27. The highest BCUT2D eigenvalue weighted by Gasteiger charge is 2.33. The number of methoxy groups -OCH3 is 2. The zero-order valence-corrected chi connectivity index (χ0v) is 20.9. The van der Waals surface area contributed by atoms with Crippen molar-refractivity contribution in [3.8, 4) is 5.75 Å². The van der Waals surface area contributed by atoms with E-state index in [0.717, 1.165) is 36.5 Å². The van der Waals surface area contributed by atoms with Crippen LogP contribution in [0, 0.1) is 5.82 Å². The number of rotatable bonds is 9. The fraction of sp³-hybridized carbons (Fsp3) is 0.350. The van der Waals surface area contributed by atoms with Crippen molar-refractivity contribution in [3.63, 3.8) is 0 Å². The quantitative estimate of drug-likeness (QED) is 0.444. The van der Waals surface area contributed by atoms with Crippen LogP contribution in [0.2, 0.25) is 4.34 Å². The summed E-state index contributed by atoms with van der Waals surface area (Å²) in [5.41, 5.74) is -0.112. The predicted molar refractivity (Wildman–Crippen MR) is 124 cm³/mol. The molecule has 0 aliphatic carbocycles. The van der Waals surface area contributed by atoms with Crippen molar-refractivity contribution in [1.29, 1.82) is 0 Å². The number of hydrogen-bond acceptors (Lipinski definition) is 9. The van der Waals surface area contributed by atoms with E-state index in [4.69, 9.17) is 21.1 Å². The number of sulfonamides is 1. The van der Waals surface area contributed by atoms with Gasteiger partial charge in [-0.25, -0.2) is 12.8 Å². The van der Waals surface area contributed by atoms with E-state index < -0.39 is 51.1 Å². The van der Waals surface area contributed by atoms with Gasteiger partial charge in [-0.15, -0.1) is 11.3 Å². The second-order valence-corrected chi connectivity index (χ2v) is 10.5. The molecule has 11 nitrogen and oxygen atoms in total. The van der Waals surface area contributed by atoms with Gasteiger partial charge >= 0.3 is 5.97 Å². The van der Waals surface area contributed by atoms with Crippen LogP contribution in [0.4, 0.5) is 10.1 Å². The Labute approximate surface area is 209 Å². The summed E-state index contributed by atoms with van der Waals surface area (Å²) < 4.78 is 58.3. The lowest BCUT2D eigenvalue weighted by molar-refractivity contribution is -0.142. The molecule has 0 saturated carbocycles. The summed E-state index contributed by atoms with van der Waals surface area (Å²) in [7, 11) is -2.43. The van der Waals surface area contributed by atoms with Crippen LogP contribution in [0.3, 0.4) is 0 Å². The van der Waals surface area contributed by atoms with Gasteiger partial charge < -0.3 is 24.4 Å². The van der Waals surface area contributed by atoms with E-state index in [-0.39, 0.29) is 36.1 Å². The molecule has 0 radical (unpaired) electrons. The van der Waals surface area contributed by atoms with Gasteiger partial charge in [-0.2, -0.15) is 4.72 Å². The summed E-state index contributed by atoms with van der Waals surface area (Å²) in [4.78, 5) is 37.6. The van der Waals surface area contributed by atoms with E-state index in [2.05, 4.69) is 14.8 Å².